The Morgan fingerprint density at radius 1 is 1.20 bits per heavy atom. The molecule has 10 nitrogen and oxygen atoms in total. The molecule has 0 saturated heterocycles. The Balaban J connectivity index is 2.31. The number of para-hydroxylation sites is 1. The van der Waals surface area contributed by atoms with Crippen molar-refractivity contribution in [3.63, 3.8) is 0 Å². The molecule has 1 aromatic carbocycles. The average Bonchev–Trinajstić information content (AvgIpc) is 3.46. The second-order valence-corrected chi connectivity index (χ2v) is 9.70. The zero-order chi connectivity index (χ0) is 26.3. The summed E-state index contributed by atoms with van der Waals surface area (Å²) in [5.74, 6) is -1.50. The minimum atomic E-state index is -1.16. The van der Waals surface area contributed by atoms with Crippen LogP contribution in [-0.2, 0) is 23.9 Å². The molecule has 1 aliphatic carbocycles. The van der Waals surface area contributed by atoms with Crippen molar-refractivity contribution in [2.75, 3.05) is 13.2 Å². The first kappa shape index (κ1) is 27.9. The van der Waals surface area contributed by atoms with Crippen LogP contribution in [0.15, 0.2) is 24.3 Å². The van der Waals surface area contributed by atoms with E-state index in [-0.39, 0.29) is 42.8 Å². The summed E-state index contributed by atoms with van der Waals surface area (Å²) in [6.45, 7) is 10.6. The molecule has 4 atom stereocenters. The first-order valence-electron chi connectivity index (χ1n) is 11.9. The molecule has 0 aliphatic heterocycles. The van der Waals surface area contributed by atoms with E-state index in [0.29, 0.717) is 6.42 Å². The topological polar surface area (TPSA) is 134 Å². The van der Waals surface area contributed by atoms with Gasteiger partial charge in [0.25, 0.3) is 0 Å². The van der Waals surface area contributed by atoms with Crippen molar-refractivity contribution in [3.8, 4) is 5.75 Å². The van der Waals surface area contributed by atoms with Crippen LogP contribution in [0.5, 0.6) is 5.75 Å². The average molecular weight is 492 g/mol. The fourth-order valence-corrected chi connectivity index (χ4v) is 3.70. The standard InChI is InChI=1S/C25H37N3O7/c1-7-34-20(30)12-13-26-22(31)21(17-10-8-9-11-19(17)29)28(18-14-15(18)2)23(32)16(3)27-24(33)35-25(4,5)6/h8-11,15-16,18,21,29H,7,12-14H2,1-6H3,(H,26,31)(H,27,33). The van der Waals surface area contributed by atoms with E-state index < -0.39 is 41.6 Å². The number of nitrogens with one attached hydrogen (secondary N) is 2. The summed E-state index contributed by atoms with van der Waals surface area (Å²) in [4.78, 5) is 52.3. The Bertz CT molecular complexity index is 928. The number of hydrogen-bond donors (Lipinski definition) is 3. The van der Waals surface area contributed by atoms with Crippen molar-refractivity contribution in [2.24, 2.45) is 5.92 Å². The number of ether oxygens (including phenoxy) is 2. The molecule has 0 aromatic heterocycles. The molecule has 4 unspecified atom stereocenters. The van der Waals surface area contributed by atoms with E-state index in [0.717, 1.165) is 0 Å². The molecule has 0 radical (unpaired) electrons. The molecule has 194 valence electrons. The molecule has 2 rings (SSSR count). The van der Waals surface area contributed by atoms with Gasteiger partial charge in [0.2, 0.25) is 11.8 Å². The van der Waals surface area contributed by atoms with Gasteiger partial charge >= 0.3 is 12.1 Å². The highest BCUT2D eigenvalue weighted by Crippen LogP contribution is 2.42. The Morgan fingerprint density at radius 3 is 2.37 bits per heavy atom. The third-order valence-electron chi connectivity index (χ3n) is 5.47. The van der Waals surface area contributed by atoms with Gasteiger partial charge in [-0.05, 0) is 53.0 Å². The van der Waals surface area contributed by atoms with Crippen molar-refractivity contribution in [1.82, 2.24) is 15.5 Å². The highest BCUT2D eigenvalue weighted by atomic mass is 16.6. The van der Waals surface area contributed by atoms with E-state index in [1.54, 1.807) is 45.9 Å². The molecule has 3 N–H and O–H groups in total. The molecule has 1 fully saturated rings. The lowest BCUT2D eigenvalue weighted by atomic mass is 10.0. The fourth-order valence-electron chi connectivity index (χ4n) is 3.70. The van der Waals surface area contributed by atoms with Crippen LogP contribution in [0.2, 0.25) is 0 Å². The first-order chi connectivity index (χ1) is 16.4. The Labute approximate surface area is 206 Å². The molecule has 0 bridgehead atoms. The van der Waals surface area contributed by atoms with Gasteiger partial charge in [-0.2, -0.15) is 0 Å². The summed E-state index contributed by atoms with van der Waals surface area (Å²) in [5, 5.41) is 15.8. The lowest BCUT2D eigenvalue weighted by Gasteiger charge is -2.34. The summed E-state index contributed by atoms with van der Waals surface area (Å²) >= 11 is 0. The van der Waals surface area contributed by atoms with Gasteiger partial charge in [0, 0.05) is 18.2 Å². The summed E-state index contributed by atoms with van der Waals surface area (Å²) in [6, 6.07) is 3.88. The summed E-state index contributed by atoms with van der Waals surface area (Å²) in [7, 11) is 0. The number of phenols is 1. The number of amides is 3. The van der Waals surface area contributed by atoms with Crippen molar-refractivity contribution in [1.29, 1.82) is 0 Å². The zero-order valence-electron chi connectivity index (χ0n) is 21.3. The molecular weight excluding hydrogens is 454 g/mol. The summed E-state index contributed by atoms with van der Waals surface area (Å²) < 4.78 is 10.2. The molecule has 3 amide bonds. The third kappa shape index (κ3) is 8.15. The van der Waals surface area contributed by atoms with Crippen LogP contribution in [0, 0.1) is 5.92 Å². The van der Waals surface area contributed by atoms with Crippen LogP contribution in [0.25, 0.3) is 0 Å². The van der Waals surface area contributed by atoms with Crippen LogP contribution in [-0.4, -0.2) is 64.7 Å². The smallest absolute Gasteiger partial charge is 0.408 e. The van der Waals surface area contributed by atoms with Crippen molar-refractivity contribution < 1.29 is 33.8 Å². The Morgan fingerprint density at radius 2 is 1.83 bits per heavy atom. The summed E-state index contributed by atoms with van der Waals surface area (Å²) in [6.07, 6.45) is -0.108. The molecule has 0 spiro atoms. The second-order valence-electron chi connectivity index (χ2n) is 9.70. The van der Waals surface area contributed by atoms with Crippen LogP contribution >= 0.6 is 0 Å². The molecule has 35 heavy (non-hydrogen) atoms. The Kier molecular flexibility index (Phi) is 9.50. The highest BCUT2D eigenvalue weighted by Gasteiger charge is 2.48. The van der Waals surface area contributed by atoms with Crippen molar-refractivity contribution in [3.05, 3.63) is 29.8 Å². The number of rotatable bonds is 10. The van der Waals surface area contributed by atoms with Gasteiger partial charge in [-0.3, -0.25) is 14.4 Å². The molecule has 0 heterocycles. The first-order valence-corrected chi connectivity index (χ1v) is 11.9. The monoisotopic (exact) mass is 491 g/mol. The van der Waals surface area contributed by atoms with E-state index in [1.165, 1.54) is 17.9 Å². The minimum absolute atomic E-state index is 0.00965. The maximum atomic E-state index is 13.6. The number of esters is 1. The minimum Gasteiger partial charge on any atom is -0.508 e. The zero-order valence-corrected chi connectivity index (χ0v) is 21.3. The maximum Gasteiger partial charge on any atom is 0.408 e. The maximum absolute atomic E-state index is 13.6. The van der Waals surface area contributed by atoms with Crippen molar-refractivity contribution >= 4 is 23.9 Å². The Hall–Kier alpha value is -3.30. The third-order valence-corrected chi connectivity index (χ3v) is 5.47. The van der Waals surface area contributed by atoms with Gasteiger partial charge in [0.1, 0.15) is 23.4 Å². The van der Waals surface area contributed by atoms with Gasteiger partial charge in [0.05, 0.1) is 13.0 Å². The van der Waals surface area contributed by atoms with Crippen LogP contribution in [0.4, 0.5) is 4.79 Å². The predicted molar refractivity (Wildman–Crippen MR) is 128 cm³/mol. The quantitative estimate of drug-likeness (QED) is 0.428. The molecular formula is C25H37N3O7. The van der Waals surface area contributed by atoms with E-state index in [2.05, 4.69) is 10.6 Å². The van der Waals surface area contributed by atoms with E-state index >= 15 is 0 Å². The van der Waals surface area contributed by atoms with Gasteiger partial charge in [-0.15, -0.1) is 0 Å². The number of aromatic hydroxyl groups is 1. The molecule has 1 saturated carbocycles. The predicted octanol–water partition coefficient (Wildman–Crippen LogP) is 2.65. The van der Waals surface area contributed by atoms with Gasteiger partial charge in [-0.1, -0.05) is 25.1 Å². The van der Waals surface area contributed by atoms with E-state index in [1.807, 2.05) is 6.92 Å². The number of carbonyl (C=O) groups excluding carboxylic acids is 4. The van der Waals surface area contributed by atoms with Gasteiger partial charge < -0.3 is 30.1 Å². The van der Waals surface area contributed by atoms with Crippen molar-refractivity contribution in [2.45, 2.75) is 78.1 Å². The number of hydrogen-bond acceptors (Lipinski definition) is 7. The summed E-state index contributed by atoms with van der Waals surface area (Å²) in [5.41, 5.74) is -0.493. The molecule has 1 aliphatic rings. The van der Waals surface area contributed by atoms with Gasteiger partial charge in [-0.25, -0.2) is 4.79 Å². The lowest BCUT2D eigenvalue weighted by Crippen LogP contribution is -2.53. The normalized spacial score (nSPS) is 18.6. The van der Waals surface area contributed by atoms with Crippen LogP contribution < -0.4 is 10.6 Å². The fraction of sp³-hybridized carbons (Fsp3) is 0.600. The molecule has 10 heteroatoms. The highest BCUT2D eigenvalue weighted by molar-refractivity contribution is 5.93. The second kappa shape index (κ2) is 11.9. The van der Waals surface area contributed by atoms with E-state index in [9.17, 15) is 24.3 Å². The lowest BCUT2D eigenvalue weighted by molar-refractivity contribution is -0.144. The van der Waals surface area contributed by atoms with Crippen LogP contribution in [0.3, 0.4) is 0 Å². The number of nitrogens with zero attached hydrogens (tertiary/aromatic N) is 1. The number of alkyl carbamates (subject to hydrolysis) is 1. The van der Waals surface area contributed by atoms with Gasteiger partial charge in [0.15, 0.2) is 0 Å². The largest absolute Gasteiger partial charge is 0.508 e. The number of phenolic OH excluding ortho intramolecular Hbond substituents is 1. The van der Waals surface area contributed by atoms with E-state index in [4.69, 9.17) is 9.47 Å². The number of carbonyl (C=O) groups is 4. The molecule has 1 aromatic rings. The SMILES string of the molecule is CCOC(=O)CCNC(=O)C(c1ccccc1O)N(C(=O)C(C)NC(=O)OC(C)(C)C)C1CC1C. The number of benzene rings is 1. The van der Waals surface area contributed by atoms with Crippen LogP contribution in [0.1, 0.15) is 66.0 Å².